The lowest BCUT2D eigenvalue weighted by atomic mass is 10.0. The number of unbranched alkanes of at least 4 members (excludes halogenated alkanes) is 1. The highest BCUT2D eigenvalue weighted by Crippen LogP contribution is 2.27. The SMILES string of the molecule is COCCCCC(=O)N1CC(C)OCC1c1ccccc1. The van der Waals surface area contributed by atoms with Gasteiger partial charge in [0.05, 0.1) is 18.8 Å². The molecule has 0 radical (unpaired) electrons. The number of carbonyl (C=O) groups is 1. The highest BCUT2D eigenvalue weighted by atomic mass is 16.5. The van der Waals surface area contributed by atoms with Crippen LogP contribution < -0.4 is 0 Å². The number of benzene rings is 1. The van der Waals surface area contributed by atoms with Crippen LogP contribution in [0.15, 0.2) is 30.3 Å². The zero-order valence-corrected chi connectivity index (χ0v) is 13.0. The van der Waals surface area contributed by atoms with Crippen molar-refractivity contribution in [1.82, 2.24) is 4.90 Å². The average Bonchev–Trinajstić information content (AvgIpc) is 2.52. The van der Waals surface area contributed by atoms with Gasteiger partial charge in [-0.15, -0.1) is 0 Å². The van der Waals surface area contributed by atoms with Crippen molar-refractivity contribution in [2.45, 2.75) is 38.3 Å². The van der Waals surface area contributed by atoms with Gasteiger partial charge in [0.25, 0.3) is 0 Å². The van der Waals surface area contributed by atoms with Gasteiger partial charge >= 0.3 is 0 Å². The minimum absolute atomic E-state index is 0.0392. The molecule has 4 nitrogen and oxygen atoms in total. The molecule has 0 bridgehead atoms. The Morgan fingerprint density at radius 1 is 1.33 bits per heavy atom. The number of amides is 1. The number of ether oxygens (including phenoxy) is 2. The molecular weight excluding hydrogens is 266 g/mol. The maximum atomic E-state index is 12.5. The summed E-state index contributed by atoms with van der Waals surface area (Å²) in [6.45, 7) is 3.99. The number of carbonyl (C=O) groups excluding carboxylic acids is 1. The zero-order chi connectivity index (χ0) is 15.1. The first-order valence-corrected chi connectivity index (χ1v) is 7.67. The van der Waals surface area contributed by atoms with Crippen LogP contribution in [0.1, 0.15) is 37.8 Å². The molecule has 1 fully saturated rings. The molecule has 1 amide bonds. The summed E-state index contributed by atoms with van der Waals surface area (Å²) < 4.78 is 10.8. The van der Waals surface area contributed by atoms with Gasteiger partial charge in [-0.3, -0.25) is 4.79 Å². The van der Waals surface area contributed by atoms with E-state index in [1.165, 1.54) is 0 Å². The van der Waals surface area contributed by atoms with E-state index in [2.05, 4.69) is 12.1 Å². The Kier molecular flexibility index (Phi) is 6.21. The van der Waals surface area contributed by atoms with E-state index in [9.17, 15) is 4.79 Å². The summed E-state index contributed by atoms with van der Waals surface area (Å²) in [7, 11) is 1.69. The highest BCUT2D eigenvalue weighted by Gasteiger charge is 2.31. The Labute approximate surface area is 127 Å². The minimum Gasteiger partial charge on any atom is -0.385 e. The fourth-order valence-electron chi connectivity index (χ4n) is 2.70. The predicted octanol–water partition coefficient (Wildman–Crippen LogP) is 2.79. The van der Waals surface area contributed by atoms with E-state index in [1.54, 1.807) is 7.11 Å². The van der Waals surface area contributed by atoms with Gasteiger partial charge in [0, 0.05) is 26.7 Å². The summed E-state index contributed by atoms with van der Waals surface area (Å²) >= 11 is 0. The van der Waals surface area contributed by atoms with Gasteiger partial charge in [-0.25, -0.2) is 0 Å². The van der Waals surface area contributed by atoms with E-state index in [0.29, 0.717) is 19.6 Å². The van der Waals surface area contributed by atoms with E-state index >= 15 is 0 Å². The molecule has 1 aliphatic heterocycles. The molecule has 1 saturated heterocycles. The highest BCUT2D eigenvalue weighted by molar-refractivity contribution is 5.76. The molecule has 1 aromatic carbocycles. The second-order valence-electron chi connectivity index (χ2n) is 5.57. The second-order valence-corrected chi connectivity index (χ2v) is 5.57. The average molecular weight is 291 g/mol. The molecule has 0 spiro atoms. The van der Waals surface area contributed by atoms with Crippen molar-refractivity contribution in [1.29, 1.82) is 0 Å². The quantitative estimate of drug-likeness (QED) is 0.757. The van der Waals surface area contributed by atoms with Crippen LogP contribution in [-0.4, -0.2) is 43.8 Å². The summed E-state index contributed by atoms with van der Waals surface area (Å²) in [6, 6.07) is 10.2. The van der Waals surface area contributed by atoms with Gasteiger partial charge in [0.1, 0.15) is 0 Å². The van der Waals surface area contributed by atoms with Crippen molar-refractivity contribution < 1.29 is 14.3 Å². The lowest BCUT2D eigenvalue weighted by Gasteiger charge is -2.39. The summed E-state index contributed by atoms with van der Waals surface area (Å²) in [6.07, 6.45) is 2.49. The van der Waals surface area contributed by atoms with Crippen LogP contribution in [0.2, 0.25) is 0 Å². The fraction of sp³-hybridized carbons (Fsp3) is 0.588. The molecule has 1 aromatic rings. The first-order chi connectivity index (χ1) is 10.2. The summed E-state index contributed by atoms with van der Waals surface area (Å²) in [5.41, 5.74) is 1.15. The molecule has 0 aromatic heterocycles. The number of methoxy groups -OCH3 is 1. The van der Waals surface area contributed by atoms with Gasteiger partial charge in [0.2, 0.25) is 5.91 Å². The van der Waals surface area contributed by atoms with E-state index in [4.69, 9.17) is 9.47 Å². The lowest BCUT2D eigenvalue weighted by Crippen LogP contribution is -2.46. The van der Waals surface area contributed by atoms with E-state index in [1.807, 2.05) is 30.0 Å². The summed E-state index contributed by atoms with van der Waals surface area (Å²) in [5, 5.41) is 0. The van der Waals surface area contributed by atoms with Crippen LogP contribution in [-0.2, 0) is 14.3 Å². The largest absolute Gasteiger partial charge is 0.385 e. The van der Waals surface area contributed by atoms with Crippen LogP contribution in [0.3, 0.4) is 0 Å². The Morgan fingerprint density at radius 3 is 2.81 bits per heavy atom. The maximum absolute atomic E-state index is 12.5. The molecule has 0 aliphatic carbocycles. The molecule has 21 heavy (non-hydrogen) atoms. The number of morpholine rings is 1. The van der Waals surface area contributed by atoms with E-state index in [-0.39, 0.29) is 18.1 Å². The van der Waals surface area contributed by atoms with Crippen molar-refractivity contribution in [3.05, 3.63) is 35.9 Å². The monoisotopic (exact) mass is 291 g/mol. The van der Waals surface area contributed by atoms with E-state index < -0.39 is 0 Å². The molecular formula is C17H25NO3. The Hall–Kier alpha value is -1.39. The van der Waals surface area contributed by atoms with Crippen molar-refractivity contribution in [3.63, 3.8) is 0 Å². The lowest BCUT2D eigenvalue weighted by molar-refractivity contribution is -0.144. The topological polar surface area (TPSA) is 38.8 Å². The van der Waals surface area contributed by atoms with Crippen LogP contribution in [0.5, 0.6) is 0 Å². The van der Waals surface area contributed by atoms with Crippen molar-refractivity contribution in [2.24, 2.45) is 0 Å². The summed E-state index contributed by atoms with van der Waals surface area (Å²) in [5.74, 6) is 0.218. The number of nitrogens with zero attached hydrogens (tertiary/aromatic N) is 1. The van der Waals surface area contributed by atoms with Gasteiger partial charge in [-0.2, -0.15) is 0 Å². The molecule has 2 unspecified atom stereocenters. The van der Waals surface area contributed by atoms with Gasteiger partial charge in [0.15, 0.2) is 0 Å². The third-order valence-electron chi connectivity index (χ3n) is 3.86. The maximum Gasteiger partial charge on any atom is 0.223 e. The first kappa shape index (κ1) is 16.0. The molecule has 2 atom stereocenters. The Morgan fingerprint density at radius 2 is 2.10 bits per heavy atom. The standard InChI is InChI=1S/C17H25NO3/c1-14-12-18(17(19)10-6-7-11-20-2)16(13-21-14)15-8-4-3-5-9-15/h3-5,8-9,14,16H,6-7,10-13H2,1-2H3. The van der Waals surface area contributed by atoms with Gasteiger partial charge in [-0.1, -0.05) is 30.3 Å². The molecule has 4 heteroatoms. The third kappa shape index (κ3) is 4.55. The molecule has 116 valence electrons. The van der Waals surface area contributed by atoms with Crippen molar-refractivity contribution >= 4 is 5.91 Å². The molecule has 1 aliphatic rings. The molecule has 1 heterocycles. The van der Waals surface area contributed by atoms with Crippen molar-refractivity contribution in [2.75, 3.05) is 26.9 Å². The van der Waals surface area contributed by atoms with Crippen LogP contribution in [0.4, 0.5) is 0 Å². The third-order valence-corrected chi connectivity index (χ3v) is 3.86. The smallest absolute Gasteiger partial charge is 0.223 e. The predicted molar refractivity (Wildman–Crippen MR) is 82.0 cm³/mol. The number of hydrogen-bond acceptors (Lipinski definition) is 3. The number of hydrogen-bond donors (Lipinski definition) is 0. The molecule has 0 saturated carbocycles. The fourth-order valence-corrected chi connectivity index (χ4v) is 2.70. The Bertz CT molecular complexity index is 435. The minimum atomic E-state index is 0.0392. The molecule has 0 N–H and O–H groups in total. The molecule has 2 rings (SSSR count). The zero-order valence-electron chi connectivity index (χ0n) is 13.0. The van der Waals surface area contributed by atoms with Crippen molar-refractivity contribution in [3.8, 4) is 0 Å². The van der Waals surface area contributed by atoms with Crippen LogP contribution >= 0.6 is 0 Å². The van der Waals surface area contributed by atoms with Gasteiger partial charge < -0.3 is 14.4 Å². The second kappa shape index (κ2) is 8.15. The van der Waals surface area contributed by atoms with Crippen LogP contribution in [0, 0.1) is 0 Å². The Balaban J connectivity index is 2.00. The van der Waals surface area contributed by atoms with Gasteiger partial charge in [-0.05, 0) is 25.3 Å². The van der Waals surface area contributed by atoms with Crippen LogP contribution in [0.25, 0.3) is 0 Å². The first-order valence-electron chi connectivity index (χ1n) is 7.67. The normalized spacial score (nSPS) is 22.3. The van der Waals surface area contributed by atoms with E-state index in [0.717, 1.165) is 25.0 Å². The summed E-state index contributed by atoms with van der Waals surface area (Å²) in [4.78, 5) is 14.5. The number of rotatable bonds is 6.